The summed E-state index contributed by atoms with van der Waals surface area (Å²) < 4.78 is 0. The van der Waals surface area contributed by atoms with Crippen LogP contribution in [0.4, 0.5) is 34.1 Å². The molecule has 6 rings (SSSR count). The van der Waals surface area contributed by atoms with Gasteiger partial charge in [0, 0.05) is 34.1 Å². The first-order valence-corrected chi connectivity index (χ1v) is 16.8. The van der Waals surface area contributed by atoms with Crippen LogP contribution in [-0.2, 0) is 0 Å². The molecule has 0 heterocycles. The van der Waals surface area contributed by atoms with E-state index in [4.69, 9.17) is 0 Å². The van der Waals surface area contributed by atoms with Crippen LogP contribution in [0, 0.1) is 73.9 Å². The molecule has 252 valence electrons. The lowest BCUT2D eigenvalue weighted by molar-refractivity contribution is 0.745. The van der Waals surface area contributed by atoms with Crippen LogP contribution < -0.4 is 9.80 Å². The molecule has 0 aliphatic heterocycles. The Hall–Kier alpha value is -8.40. The molecule has 6 aromatic rings. The van der Waals surface area contributed by atoms with Crippen molar-refractivity contribution in [3.05, 3.63) is 174 Å². The van der Waals surface area contributed by atoms with Gasteiger partial charge in [-0.25, -0.2) is 0 Å². The fourth-order valence-electron chi connectivity index (χ4n) is 6.18. The van der Waals surface area contributed by atoms with Gasteiger partial charge in [0.1, 0.15) is 29.7 Å². The van der Waals surface area contributed by atoms with Crippen LogP contribution in [0.25, 0.3) is 16.7 Å². The van der Waals surface area contributed by atoms with E-state index in [1.54, 1.807) is 36.4 Å². The molecule has 6 aromatic carbocycles. The Morgan fingerprint density at radius 1 is 0.389 bits per heavy atom. The van der Waals surface area contributed by atoms with Crippen LogP contribution >= 0.6 is 0 Å². The SMILES string of the molecule is N#CC(C#N)=C(C#N)c1ccc(N(c2ccccc2)c2ccc(-c3ccc(N(c4ccccc4)c4ccc(C(C#N)C(C#N)C#N)cc4)cc3)cc2)cc1. The first-order valence-electron chi connectivity index (χ1n) is 16.8. The molecule has 0 aromatic heterocycles. The summed E-state index contributed by atoms with van der Waals surface area (Å²) in [6, 6.07) is 62.4. The highest BCUT2D eigenvalue weighted by Crippen LogP contribution is 2.39. The van der Waals surface area contributed by atoms with Crippen LogP contribution in [0.3, 0.4) is 0 Å². The summed E-state index contributed by atoms with van der Waals surface area (Å²) in [7, 11) is 0. The Bertz CT molecular complexity index is 2510. The van der Waals surface area contributed by atoms with Crippen molar-refractivity contribution in [1.29, 1.82) is 31.6 Å². The van der Waals surface area contributed by atoms with Crippen LogP contribution in [0.15, 0.2) is 163 Å². The van der Waals surface area contributed by atoms with Crippen LogP contribution in [0.1, 0.15) is 17.0 Å². The molecule has 0 bridgehead atoms. The Morgan fingerprint density at radius 2 is 0.759 bits per heavy atom. The predicted molar refractivity (Wildman–Crippen MR) is 208 cm³/mol. The highest BCUT2D eigenvalue weighted by atomic mass is 15.1. The van der Waals surface area contributed by atoms with Gasteiger partial charge in [-0.3, -0.25) is 0 Å². The van der Waals surface area contributed by atoms with Gasteiger partial charge in [-0.15, -0.1) is 0 Å². The molecule has 8 nitrogen and oxygen atoms in total. The summed E-state index contributed by atoms with van der Waals surface area (Å²) in [4.78, 5) is 4.19. The second kappa shape index (κ2) is 16.5. The van der Waals surface area contributed by atoms with Gasteiger partial charge in [-0.1, -0.05) is 84.9 Å². The number of anilines is 6. The van der Waals surface area contributed by atoms with Gasteiger partial charge < -0.3 is 9.80 Å². The molecule has 54 heavy (non-hydrogen) atoms. The zero-order chi connectivity index (χ0) is 37.9. The molecule has 0 radical (unpaired) electrons. The van der Waals surface area contributed by atoms with Crippen LogP contribution in [0.5, 0.6) is 0 Å². The predicted octanol–water partition coefficient (Wildman–Crippen LogP) is 10.9. The standard InChI is InChI=1S/C46H28N8/c47-27-37(28-48)45(31-51)35-15-23-43(24-16-35)53(39-7-3-1-4-8-39)41-19-11-33(12-20-41)34-13-21-42(22-14-34)54(40-9-5-2-6-10-40)44-25-17-36(18-26-44)46(32-52)38(29-49)30-50/h1-26,37,45H. The molecule has 0 aliphatic carbocycles. The third-order valence-electron chi connectivity index (χ3n) is 8.87. The number of benzene rings is 6. The highest BCUT2D eigenvalue weighted by molar-refractivity contribution is 5.86. The van der Waals surface area contributed by atoms with Gasteiger partial charge in [0.15, 0.2) is 5.92 Å². The third-order valence-corrected chi connectivity index (χ3v) is 8.87. The molecule has 0 spiro atoms. The minimum Gasteiger partial charge on any atom is -0.311 e. The smallest absolute Gasteiger partial charge is 0.153 e. The molecule has 0 saturated carbocycles. The monoisotopic (exact) mass is 692 g/mol. The summed E-state index contributed by atoms with van der Waals surface area (Å²) >= 11 is 0. The van der Waals surface area contributed by atoms with Crippen molar-refractivity contribution < 1.29 is 0 Å². The van der Waals surface area contributed by atoms with Gasteiger partial charge in [0.05, 0.1) is 23.8 Å². The molecule has 0 N–H and O–H groups in total. The van der Waals surface area contributed by atoms with Crippen LogP contribution in [0.2, 0.25) is 0 Å². The van der Waals surface area contributed by atoms with Gasteiger partial charge in [-0.05, 0) is 95.1 Å². The number of nitriles is 6. The fourth-order valence-corrected chi connectivity index (χ4v) is 6.18. The van der Waals surface area contributed by atoms with Crippen molar-refractivity contribution in [2.24, 2.45) is 5.92 Å². The summed E-state index contributed by atoms with van der Waals surface area (Å²) in [5.41, 5.74) is 8.33. The summed E-state index contributed by atoms with van der Waals surface area (Å²) in [5, 5.41) is 56.7. The zero-order valence-electron chi connectivity index (χ0n) is 28.7. The topological polar surface area (TPSA) is 149 Å². The summed E-state index contributed by atoms with van der Waals surface area (Å²) in [6.45, 7) is 0. The lowest BCUT2D eigenvalue weighted by Crippen LogP contribution is -2.11. The van der Waals surface area contributed by atoms with Gasteiger partial charge >= 0.3 is 0 Å². The van der Waals surface area contributed by atoms with Crippen molar-refractivity contribution in [3.63, 3.8) is 0 Å². The van der Waals surface area contributed by atoms with Gasteiger partial charge in [0.25, 0.3) is 0 Å². The number of para-hydroxylation sites is 2. The quantitative estimate of drug-likeness (QED) is 0.129. The van der Waals surface area contributed by atoms with E-state index >= 15 is 0 Å². The minimum atomic E-state index is -1.06. The van der Waals surface area contributed by atoms with E-state index in [1.807, 2.05) is 115 Å². The molecule has 1 atom stereocenters. The number of hydrogen-bond acceptors (Lipinski definition) is 8. The van der Waals surface area contributed by atoms with Crippen molar-refractivity contribution >= 4 is 39.7 Å². The van der Waals surface area contributed by atoms with E-state index in [0.29, 0.717) is 11.1 Å². The van der Waals surface area contributed by atoms with Crippen molar-refractivity contribution in [3.8, 4) is 47.5 Å². The minimum absolute atomic E-state index is 0.0356. The second-order valence-electron chi connectivity index (χ2n) is 12.0. The molecule has 0 amide bonds. The van der Waals surface area contributed by atoms with E-state index < -0.39 is 11.8 Å². The average molecular weight is 693 g/mol. The first-order chi connectivity index (χ1) is 26.5. The normalized spacial score (nSPS) is 10.6. The van der Waals surface area contributed by atoms with E-state index in [-0.39, 0.29) is 11.1 Å². The molecule has 1 unspecified atom stereocenters. The summed E-state index contributed by atoms with van der Waals surface area (Å²) in [6.07, 6.45) is 0. The Balaban J connectivity index is 1.30. The van der Waals surface area contributed by atoms with Crippen molar-refractivity contribution in [2.75, 3.05) is 9.80 Å². The average Bonchev–Trinajstić information content (AvgIpc) is 3.24. The second-order valence-corrected chi connectivity index (χ2v) is 12.0. The van der Waals surface area contributed by atoms with E-state index in [1.165, 1.54) is 0 Å². The number of rotatable bonds is 10. The van der Waals surface area contributed by atoms with Crippen molar-refractivity contribution in [2.45, 2.75) is 5.92 Å². The molecule has 8 heteroatoms. The molecular weight excluding hydrogens is 665 g/mol. The number of hydrogen-bond donors (Lipinski definition) is 0. The molecule has 0 saturated heterocycles. The first kappa shape index (κ1) is 35.4. The van der Waals surface area contributed by atoms with E-state index in [9.17, 15) is 31.6 Å². The van der Waals surface area contributed by atoms with Gasteiger partial charge in [-0.2, -0.15) is 31.6 Å². The number of nitrogens with zero attached hydrogens (tertiary/aromatic N) is 8. The maximum absolute atomic E-state index is 9.68. The highest BCUT2D eigenvalue weighted by Gasteiger charge is 2.23. The fraction of sp³-hybridized carbons (Fsp3) is 0.0435. The Labute approximate surface area is 314 Å². The maximum Gasteiger partial charge on any atom is 0.153 e. The van der Waals surface area contributed by atoms with Crippen LogP contribution in [-0.4, -0.2) is 0 Å². The van der Waals surface area contributed by atoms with Gasteiger partial charge in [0.2, 0.25) is 0 Å². The van der Waals surface area contributed by atoms with E-state index in [0.717, 1.165) is 45.3 Å². The lowest BCUT2D eigenvalue weighted by Gasteiger charge is -2.26. The van der Waals surface area contributed by atoms with E-state index in [2.05, 4.69) is 52.3 Å². The Kier molecular flexibility index (Phi) is 10.8. The van der Waals surface area contributed by atoms with Crippen molar-refractivity contribution in [1.82, 2.24) is 0 Å². The summed E-state index contributed by atoms with van der Waals surface area (Å²) in [5.74, 6) is -1.91. The molecule has 0 aliphatic rings. The molecular formula is C46H28N8. The Morgan fingerprint density at radius 3 is 1.11 bits per heavy atom. The lowest BCUT2D eigenvalue weighted by atomic mass is 9.89. The number of allylic oxidation sites excluding steroid dienone is 2. The third kappa shape index (κ3) is 7.37. The zero-order valence-corrected chi connectivity index (χ0v) is 28.7. The largest absolute Gasteiger partial charge is 0.311 e. The maximum atomic E-state index is 9.68. The molecule has 0 fully saturated rings.